The lowest BCUT2D eigenvalue weighted by Gasteiger charge is -2.09. The Morgan fingerprint density at radius 3 is 2.88 bits per heavy atom. The molecule has 0 N–H and O–H groups in total. The third-order valence-corrected chi connectivity index (χ3v) is 2.92. The number of nitriles is 1. The van der Waals surface area contributed by atoms with E-state index in [2.05, 4.69) is 4.99 Å². The van der Waals surface area contributed by atoms with Gasteiger partial charge in [-0.05, 0) is 23.9 Å². The SMILES string of the molecule is N#CC1=NCC(OC(=O)c2ccccc2)S1. The quantitative estimate of drug-likeness (QED) is 0.730. The zero-order valence-corrected chi connectivity index (χ0v) is 9.11. The molecule has 0 bridgehead atoms. The van der Waals surface area contributed by atoms with E-state index >= 15 is 0 Å². The topological polar surface area (TPSA) is 62.4 Å². The predicted octanol–water partition coefficient (Wildman–Crippen LogP) is 1.84. The molecule has 16 heavy (non-hydrogen) atoms. The Morgan fingerprint density at radius 2 is 2.25 bits per heavy atom. The zero-order chi connectivity index (χ0) is 11.4. The fourth-order valence-electron chi connectivity index (χ4n) is 1.24. The highest BCUT2D eigenvalue weighted by Gasteiger charge is 2.23. The van der Waals surface area contributed by atoms with Crippen LogP contribution < -0.4 is 0 Å². The standard InChI is InChI=1S/C11H8N2O2S/c12-6-9-13-7-10(16-9)15-11(14)8-4-2-1-3-5-8/h1-5,10H,7H2. The van der Waals surface area contributed by atoms with Crippen LogP contribution in [0.4, 0.5) is 0 Å². The van der Waals surface area contributed by atoms with Crippen LogP contribution in [-0.4, -0.2) is 23.0 Å². The molecule has 1 aromatic carbocycles. The number of carbonyl (C=O) groups is 1. The van der Waals surface area contributed by atoms with E-state index in [1.807, 2.05) is 12.1 Å². The first-order chi connectivity index (χ1) is 7.79. The summed E-state index contributed by atoms with van der Waals surface area (Å²) < 4.78 is 5.19. The number of rotatable bonds is 2. The van der Waals surface area contributed by atoms with Crippen molar-refractivity contribution < 1.29 is 9.53 Å². The highest BCUT2D eigenvalue weighted by Crippen LogP contribution is 2.22. The van der Waals surface area contributed by atoms with Gasteiger partial charge in [0.25, 0.3) is 0 Å². The van der Waals surface area contributed by atoms with Crippen molar-refractivity contribution in [3.8, 4) is 6.07 Å². The van der Waals surface area contributed by atoms with Gasteiger partial charge in [-0.2, -0.15) is 5.26 Å². The second-order valence-corrected chi connectivity index (χ2v) is 4.22. The fourth-order valence-corrected chi connectivity index (χ4v) is 1.98. The molecule has 0 aromatic heterocycles. The number of nitrogens with zero attached hydrogens (tertiary/aromatic N) is 2. The van der Waals surface area contributed by atoms with Crippen LogP contribution in [0.3, 0.4) is 0 Å². The Hall–Kier alpha value is -1.80. The Bertz CT molecular complexity index is 465. The number of hydrogen-bond donors (Lipinski definition) is 0. The number of esters is 1. The lowest BCUT2D eigenvalue weighted by molar-refractivity contribution is 0.0474. The van der Waals surface area contributed by atoms with E-state index < -0.39 is 0 Å². The Morgan fingerprint density at radius 1 is 1.50 bits per heavy atom. The van der Waals surface area contributed by atoms with Crippen molar-refractivity contribution in [2.45, 2.75) is 5.44 Å². The van der Waals surface area contributed by atoms with Crippen molar-refractivity contribution >= 4 is 22.8 Å². The summed E-state index contributed by atoms with van der Waals surface area (Å²) in [5.41, 5.74) is 0.135. The van der Waals surface area contributed by atoms with Gasteiger partial charge < -0.3 is 4.74 Å². The van der Waals surface area contributed by atoms with Crippen LogP contribution in [0.25, 0.3) is 0 Å². The summed E-state index contributed by atoms with van der Waals surface area (Å²) in [6.07, 6.45) is 0. The van der Waals surface area contributed by atoms with Crippen molar-refractivity contribution in [3.05, 3.63) is 35.9 Å². The van der Waals surface area contributed by atoms with Gasteiger partial charge >= 0.3 is 5.97 Å². The van der Waals surface area contributed by atoms with Gasteiger partial charge in [-0.1, -0.05) is 18.2 Å². The number of benzene rings is 1. The maximum atomic E-state index is 11.6. The molecule has 0 saturated carbocycles. The minimum absolute atomic E-state index is 0.353. The first kappa shape index (κ1) is 10.7. The van der Waals surface area contributed by atoms with Crippen molar-refractivity contribution in [2.75, 3.05) is 6.54 Å². The number of ether oxygens (including phenoxy) is 1. The molecule has 80 valence electrons. The van der Waals surface area contributed by atoms with Gasteiger partial charge in [-0.25, -0.2) is 4.79 Å². The van der Waals surface area contributed by atoms with Gasteiger partial charge in [0.1, 0.15) is 6.07 Å². The maximum absolute atomic E-state index is 11.6. The fraction of sp³-hybridized carbons (Fsp3) is 0.182. The van der Waals surface area contributed by atoms with E-state index in [9.17, 15) is 4.79 Å². The summed E-state index contributed by atoms with van der Waals surface area (Å²) >= 11 is 1.18. The van der Waals surface area contributed by atoms with Gasteiger partial charge in [0.15, 0.2) is 10.5 Å². The predicted molar refractivity (Wildman–Crippen MR) is 61.2 cm³/mol. The lowest BCUT2D eigenvalue weighted by atomic mass is 10.2. The van der Waals surface area contributed by atoms with E-state index in [0.717, 1.165) is 0 Å². The minimum atomic E-state index is -0.382. The molecule has 5 heteroatoms. The summed E-state index contributed by atoms with van der Waals surface area (Å²) in [5.74, 6) is -0.382. The highest BCUT2D eigenvalue weighted by molar-refractivity contribution is 8.15. The molecular weight excluding hydrogens is 224 g/mol. The third kappa shape index (κ3) is 2.41. The summed E-state index contributed by atoms with van der Waals surface area (Å²) in [5, 5.41) is 8.96. The molecule has 0 radical (unpaired) electrons. The van der Waals surface area contributed by atoms with Gasteiger partial charge in [0.05, 0.1) is 12.1 Å². The molecule has 1 aromatic rings. The van der Waals surface area contributed by atoms with Crippen LogP contribution in [0.1, 0.15) is 10.4 Å². The van der Waals surface area contributed by atoms with Crippen molar-refractivity contribution in [3.63, 3.8) is 0 Å². The molecule has 0 amide bonds. The molecule has 1 aliphatic heterocycles. The summed E-state index contributed by atoms with van der Waals surface area (Å²) in [6, 6.07) is 10.7. The Balaban J connectivity index is 1.93. The normalized spacial score (nSPS) is 18.7. The second kappa shape index (κ2) is 4.81. The number of hydrogen-bond acceptors (Lipinski definition) is 5. The maximum Gasteiger partial charge on any atom is 0.339 e. The molecule has 1 unspecified atom stereocenters. The average molecular weight is 232 g/mol. The first-order valence-corrected chi connectivity index (χ1v) is 5.55. The van der Waals surface area contributed by atoms with Crippen LogP contribution in [-0.2, 0) is 4.74 Å². The highest BCUT2D eigenvalue weighted by atomic mass is 32.2. The largest absolute Gasteiger partial charge is 0.445 e. The van der Waals surface area contributed by atoms with Crippen molar-refractivity contribution in [1.29, 1.82) is 5.26 Å². The molecule has 0 spiro atoms. The number of thioether (sulfide) groups is 1. The molecule has 1 heterocycles. The van der Waals surface area contributed by atoms with Gasteiger partial charge in [0.2, 0.25) is 0 Å². The molecule has 1 atom stereocenters. The summed E-state index contributed by atoms with van der Waals surface area (Å²) in [6.45, 7) is 0.353. The monoisotopic (exact) mass is 232 g/mol. The Kier molecular flexibility index (Phi) is 3.22. The van der Waals surface area contributed by atoms with Crippen LogP contribution in [0.5, 0.6) is 0 Å². The molecule has 0 fully saturated rings. The minimum Gasteiger partial charge on any atom is -0.445 e. The molecule has 4 nitrogen and oxygen atoms in total. The van der Waals surface area contributed by atoms with Crippen LogP contribution in [0, 0.1) is 11.3 Å². The van der Waals surface area contributed by atoms with Gasteiger partial charge in [0, 0.05) is 0 Å². The van der Waals surface area contributed by atoms with Crippen molar-refractivity contribution in [1.82, 2.24) is 0 Å². The smallest absolute Gasteiger partial charge is 0.339 e. The van der Waals surface area contributed by atoms with Crippen LogP contribution in [0.2, 0.25) is 0 Å². The second-order valence-electron chi connectivity index (χ2n) is 3.08. The van der Waals surface area contributed by atoms with E-state index in [4.69, 9.17) is 10.00 Å². The number of aliphatic imine (C=N–C) groups is 1. The number of carbonyl (C=O) groups excluding carboxylic acids is 1. The van der Waals surface area contributed by atoms with Gasteiger partial charge in [-0.3, -0.25) is 4.99 Å². The van der Waals surface area contributed by atoms with E-state index in [-0.39, 0.29) is 11.4 Å². The summed E-state index contributed by atoms with van der Waals surface area (Å²) in [7, 11) is 0. The molecule has 0 saturated heterocycles. The molecule has 2 rings (SSSR count). The van der Waals surface area contributed by atoms with Crippen molar-refractivity contribution in [2.24, 2.45) is 4.99 Å². The molecule has 1 aliphatic rings. The zero-order valence-electron chi connectivity index (χ0n) is 8.29. The lowest BCUT2D eigenvalue weighted by Crippen LogP contribution is -2.15. The van der Waals surface area contributed by atoms with E-state index in [0.29, 0.717) is 17.2 Å². The third-order valence-electron chi connectivity index (χ3n) is 1.97. The van der Waals surface area contributed by atoms with E-state index in [1.54, 1.807) is 24.3 Å². The van der Waals surface area contributed by atoms with Crippen LogP contribution >= 0.6 is 11.8 Å². The summed E-state index contributed by atoms with van der Waals surface area (Å²) in [4.78, 5) is 15.5. The molecule has 0 aliphatic carbocycles. The van der Waals surface area contributed by atoms with E-state index in [1.165, 1.54) is 11.8 Å². The van der Waals surface area contributed by atoms with Crippen LogP contribution in [0.15, 0.2) is 35.3 Å². The first-order valence-electron chi connectivity index (χ1n) is 4.67. The average Bonchev–Trinajstić information content (AvgIpc) is 2.78. The van der Waals surface area contributed by atoms with Gasteiger partial charge in [-0.15, -0.1) is 0 Å². The molecular formula is C11H8N2O2S. The Labute approximate surface area is 96.9 Å².